The van der Waals surface area contributed by atoms with E-state index >= 15 is 0 Å². The third-order valence-electron chi connectivity index (χ3n) is 8.00. The van der Waals surface area contributed by atoms with Crippen molar-refractivity contribution in [1.29, 1.82) is 0 Å². The highest BCUT2D eigenvalue weighted by molar-refractivity contribution is 7.89. The molecule has 1 aliphatic rings. The van der Waals surface area contributed by atoms with E-state index in [2.05, 4.69) is 36.2 Å². The summed E-state index contributed by atoms with van der Waals surface area (Å²) in [7, 11) is -1.11. The molecule has 4 rings (SSSR count). The van der Waals surface area contributed by atoms with Gasteiger partial charge in [0.2, 0.25) is 15.9 Å². The molecule has 1 saturated heterocycles. The van der Waals surface area contributed by atoms with Crippen LogP contribution >= 0.6 is 0 Å². The van der Waals surface area contributed by atoms with Crippen LogP contribution in [0.25, 0.3) is 0 Å². The summed E-state index contributed by atoms with van der Waals surface area (Å²) in [5, 5.41) is 3.24. The van der Waals surface area contributed by atoms with Crippen LogP contribution in [0.3, 0.4) is 0 Å². The largest absolute Gasteiger partial charge is 0.493 e. The van der Waals surface area contributed by atoms with E-state index in [1.165, 1.54) is 41.8 Å². The second kappa shape index (κ2) is 16.4. The van der Waals surface area contributed by atoms with E-state index in [1.54, 1.807) is 12.1 Å². The summed E-state index contributed by atoms with van der Waals surface area (Å²) < 4.78 is 45.7. The molecule has 2 atom stereocenters. The Morgan fingerprint density at radius 1 is 0.932 bits per heavy atom. The van der Waals surface area contributed by atoms with Crippen LogP contribution in [-0.2, 0) is 32.4 Å². The number of ether oxygens (including phenoxy) is 3. The second-order valence-electron chi connectivity index (χ2n) is 11.0. The predicted octanol–water partition coefficient (Wildman–Crippen LogP) is 5.57. The van der Waals surface area contributed by atoms with Crippen LogP contribution in [0.1, 0.15) is 43.2 Å². The summed E-state index contributed by atoms with van der Waals surface area (Å²) >= 11 is 0. The first-order valence-corrected chi connectivity index (χ1v) is 16.6. The predicted molar refractivity (Wildman–Crippen MR) is 172 cm³/mol. The molecule has 0 unspecified atom stereocenters. The number of nitrogens with zero attached hydrogens (tertiary/aromatic N) is 1. The summed E-state index contributed by atoms with van der Waals surface area (Å²) in [5.74, 6) is 0.413. The van der Waals surface area contributed by atoms with Crippen LogP contribution in [0.4, 0.5) is 0 Å². The number of carbonyl (C=O) groups is 1. The molecule has 1 heterocycles. The zero-order valence-electron chi connectivity index (χ0n) is 25.7. The number of nitrogens with one attached hydrogen (secondary N) is 1. The van der Waals surface area contributed by atoms with Crippen LogP contribution in [0.15, 0.2) is 96.4 Å². The molecule has 44 heavy (non-hydrogen) atoms. The van der Waals surface area contributed by atoms with Crippen LogP contribution in [0.2, 0.25) is 0 Å². The lowest BCUT2D eigenvalue weighted by Crippen LogP contribution is -2.48. The molecule has 1 fully saturated rings. The number of rotatable bonds is 17. The van der Waals surface area contributed by atoms with Crippen LogP contribution in [-0.4, -0.2) is 64.2 Å². The maximum atomic E-state index is 14.0. The van der Waals surface area contributed by atoms with Crippen LogP contribution in [0, 0.1) is 0 Å². The van der Waals surface area contributed by atoms with Crippen molar-refractivity contribution < 1.29 is 27.4 Å². The van der Waals surface area contributed by atoms with Gasteiger partial charge in [-0.1, -0.05) is 66.7 Å². The number of benzene rings is 3. The van der Waals surface area contributed by atoms with E-state index in [-0.39, 0.29) is 36.4 Å². The molecule has 236 valence electrons. The molecular weight excluding hydrogens is 576 g/mol. The molecule has 0 radical (unpaired) electrons. The zero-order valence-corrected chi connectivity index (χ0v) is 26.5. The first-order valence-electron chi connectivity index (χ1n) is 15.2. The summed E-state index contributed by atoms with van der Waals surface area (Å²) in [6.07, 6.45) is 6.66. The van der Waals surface area contributed by atoms with Gasteiger partial charge in [0.25, 0.3) is 0 Å². The normalized spacial score (nSPS) is 17.0. The lowest BCUT2D eigenvalue weighted by atomic mass is 9.98. The van der Waals surface area contributed by atoms with Crippen molar-refractivity contribution in [3.8, 4) is 11.5 Å². The first kappa shape index (κ1) is 33.2. The number of amides is 1. The molecule has 0 spiro atoms. The fourth-order valence-electron chi connectivity index (χ4n) is 5.69. The number of hydrogen-bond acceptors (Lipinski definition) is 6. The Bertz CT molecular complexity index is 1400. The SMILES string of the molecule is C=CCO[C@@H]1C[C@@H](C(=O)NC(CCCc2ccccc2)CCCc2ccccc2)N(S(=O)(=O)c2ccc(OC)c(OC)c2)C1. The molecule has 1 amide bonds. The minimum atomic E-state index is -4.06. The van der Waals surface area contributed by atoms with E-state index in [0.29, 0.717) is 11.5 Å². The van der Waals surface area contributed by atoms with Crippen molar-refractivity contribution in [2.75, 3.05) is 27.4 Å². The lowest BCUT2D eigenvalue weighted by molar-refractivity contribution is -0.125. The number of methoxy groups -OCH3 is 2. The van der Waals surface area contributed by atoms with Crippen molar-refractivity contribution >= 4 is 15.9 Å². The Morgan fingerprint density at radius 3 is 2.07 bits per heavy atom. The third kappa shape index (κ3) is 8.94. The zero-order chi connectivity index (χ0) is 31.4. The van der Waals surface area contributed by atoms with Crippen LogP contribution < -0.4 is 14.8 Å². The van der Waals surface area contributed by atoms with Gasteiger partial charge >= 0.3 is 0 Å². The highest BCUT2D eigenvalue weighted by atomic mass is 32.2. The molecule has 0 aliphatic carbocycles. The topological polar surface area (TPSA) is 94.2 Å². The maximum Gasteiger partial charge on any atom is 0.244 e. The summed E-state index contributed by atoms with van der Waals surface area (Å²) in [6, 6.07) is 24.1. The van der Waals surface area contributed by atoms with Gasteiger partial charge < -0.3 is 19.5 Å². The van der Waals surface area contributed by atoms with Gasteiger partial charge in [-0.3, -0.25) is 4.79 Å². The molecule has 1 N–H and O–H groups in total. The maximum absolute atomic E-state index is 14.0. The van der Waals surface area contributed by atoms with E-state index in [0.717, 1.165) is 38.5 Å². The smallest absolute Gasteiger partial charge is 0.244 e. The molecule has 0 saturated carbocycles. The van der Waals surface area contributed by atoms with E-state index in [4.69, 9.17) is 14.2 Å². The third-order valence-corrected chi connectivity index (χ3v) is 9.87. The lowest BCUT2D eigenvalue weighted by Gasteiger charge is -2.26. The van der Waals surface area contributed by atoms with E-state index in [9.17, 15) is 13.2 Å². The Morgan fingerprint density at radius 2 is 1.52 bits per heavy atom. The van der Waals surface area contributed by atoms with Gasteiger partial charge in [0.1, 0.15) is 6.04 Å². The minimum Gasteiger partial charge on any atom is -0.493 e. The quantitative estimate of drug-likeness (QED) is 0.199. The van der Waals surface area contributed by atoms with E-state index < -0.39 is 22.2 Å². The minimum absolute atomic E-state index is 0.0274. The number of aryl methyl sites for hydroxylation is 2. The highest BCUT2D eigenvalue weighted by Gasteiger charge is 2.45. The number of hydrogen-bond donors (Lipinski definition) is 1. The molecule has 1 aliphatic heterocycles. The Kier molecular flexibility index (Phi) is 12.4. The van der Waals surface area contributed by atoms with Gasteiger partial charge in [0.15, 0.2) is 11.5 Å². The average Bonchev–Trinajstić information content (AvgIpc) is 3.50. The standard InChI is InChI=1S/C35H44N2O6S/c1-4-23-43-30-24-32(37(26-30)44(39,40)31-21-22-33(41-2)34(25-31)42-3)35(38)36-29(19-11-17-27-13-7-5-8-14-27)20-12-18-28-15-9-6-10-16-28/h4-10,13-16,21-22,25,29-30,32H,1,11-12,17-20,23-24,26H2,2-3H3,(H,36,38)/t30-,32+/m1/s1. The molecule has 0 bridgehead atoms. The van der Waals surface area contributed by atoms with Gasteiger partial charge in [0, 0.05) is 25.1 Å². The van der Waals surface area contributed by atoms with Crippen molar-refractivity contribution in [2.24, 2.45) is 0 Å². The summed E-state index contributed by atoms with van der Waals surface area (Å²) in [5.41, 5.74) is 2.51. The molecule has 3 aromatic carbocycles. The Balaban J connectivity index is 1.51. The molecule has 3 aromatic rings. The van der Waals surface area contributed by atoms with E-state index in [1.807, 2.05) is 36.4 Å². The highest BCUT2D eigenvalue weighted by Crippen LogP contribution is 2.34. The van der Waals surface area contributed by atoms with Gasteiger partial charge in [-0.2, -0.15) is 4.31 Å². The van der Waals surface area contributed by atoms with Crippen molar-refractivity contribution in [3.63, 3.8) is 0 Å². The Labute approximate surface area is 262 Å². The average molecular weight is 621 g/mol. The van der Waals surface area contributed by atoms with Gasteiger partial charge in [-0.15, -0.1) is 6.58 Å². The number of sulfonamides is 1. The van der Waals surface area contributed by atoms with Crippen LogP contribution in [0.5, 0.6) is 11.5 Å². The van der Waals surface area contributed by atoms with Gasteiger partial charge in [-0.05, 0) is 61.8 Å². The molecule has 0 aromatic heterocycles. The Hall–Kier alpha value is -3.66. The molecule has 9 heteroatoms. The fourth-order valence-corrected chi connectivity index (χ4v) is 7.34. The first-order chi connectivity index (χ1) is 21.3. The second-order valence-corrected chi connectivity index (χ2v) is 12.9. The summed E-state index contributed by atoms with van der Waals surface area (Å²) in [6.45, 7) is 4.04. The number of carbonyl (C=O) groups excluding carboxylic acids is 1. The molecular formula is C35H44N2O6S. The van der Waals surface area contributed by atoms with Crippen molar-refractivity contribution in [1.82, 2.24) is 9.62 Å². The summed E-state index contributed by atoms with van der Waals surface area (Å²) in [4.78, 5) is 13.9. The fraction of sp³-hybridized carbons (Fsp3) is 0.400. The van der Waals surface area contributed by atoms with Gasteiger partial charge in [-0.25, -0.2) is 8.42 Å². The van der Waals surface area contributed by atoms with Gasteiger partial charge in [0.05, 0.1) is 31.8 Å². The monoisotopic (exact) mass is 620 g/mol. The van der Waals surface area contributed by atoms with Crippen molar-refractivity contribution in [2.45, 2.75) is 68.0 Å². The molecule has 8 nitrogen and oxygen atoms in total. The van der Waals surface area contributed by atoms with Crippen molar-refractivity contribution in [3.05, 3.63) is 103 Å².